The molecule has 0 heterocycles. The van der Waals surface area contributed by atoms with Gasteiger partial charge < -0.3 is 4.74 Å². The van der Waals surface area contributed by atoms with Crippen LogP contribution in [-0.2, 0) is 6.61 Å². The molecule has 5 heteroatoms. The second-order valence-corrected chi connectivity index (χ2v) is 4.26. The predicted octanol–water partition coefficient (Wildman–Crippen LogP) is 3.35. The Labute approximate surface area is 116 Å². The van der Waals surface area contributed by atoms with E-state index in [1.807, 2.05) is 12.1 Å². The largest absolute Gasteiger partial charge is 0.489 e. The van der Waals surface area contributed by atoms with E-state index >= 15 is 0 Å². The Kier molecular flexibility index (Phi) is 3.96. The summed E-state index contributed by atoms with van der Waals surface area (Å²) in [5, 5.41) is 19.7. The van der Waals surface area contributed by atoms with Gasteiger partial charge in [-0.1, -0.05) is 18.2 Å². The molecule has 0 aliphatic heterocycles. The minimum Gasteiger partial charge on any atom is -0.489 e. The third-order valence-electron chi connectivity index (χ3n) is 2.90. The van der Waals surface area contributed by atoms with Crippen molar-refractivity contribution in [2.45, 2.75) is 13.5 Å². The van der Waals surface area contributed by atoms with Gasteiger partial charge in [-0.3, -0.25) is 10.1 Å². The third kappa shape index (κ3) is 2.93. The molecule has 2 aromatic carbocycles. The summed E-state index contributed by atoms with van der Waals surface area (Å²) >= 11 is 0. The Hall–Kier alpha value is -2.87. The first kappa shape index (κ1) is 13.6. The summed E-state index contributed by atoms with van der Waals surface area (Å²) in [6.45, 7) is 1.91. The van der Waals surface area contributed by atoms with Crippen LogP contribution < -0.4 is 4.74 Å². The van der Waals surface area contributed by atoms with Gasteiger partial charge in [0.25, 0.3) is 5.69 Å². The quantitative estimate of drug-likeness (QED) is 0.629. The number of nitrogens with zero attached hydrogens (tertiary/aromatic N) is 2. The van der Waals surface area contributed by atoms with Gasteiger partial charge in [-0.05, 0) is 25.1 Å². The van der Waals surface area contributed by atoms with Crippen molar-refractivity contribution in [1.29, 1.82) is 5.26 Å². The molecule has 0 radical (unpaired) electrons. The molecule has 0 atom stereocenters. The lowest BCUT2D eigenvalue weighted by atomic mass is 10.1. The molecule has 0 saturated heterocycles. The smallest absolute Gasteiger partial charge is 0.272 e. The van der Waals surface area contributed by atoms with Crippen molar-refractivity contribution in [3.8, 4) is 11.8 Å². The van der Waals surface area contributed by atoms with E-state index in [9.17, 15) is 10.1 Å². The molecule has 20 heavy (non-hydrogen) atoms. The summed E-state index contributed by atoms with van der Waals surface area (Å²) in [7, 11) is 0. The molecule has 100 valence electrons. The van der Waals surface area contributed by atoms with Gasteiger partial charge in [0.2, 0.25) is 0 Å². The molecule has 2 aromatic rings. The van der Waals surface area contributed by atoms with Crippen LogP contribution in [0.1, 0.15) is 16.7 Å². The highest BCUT2D eigenvalue weighted by atomic mass is 16.6. The second-order valence-electron chi connectivity index (χ2n) is 4.26. The summed E-state index contributed by atoms with van der Waals surface area (Å²) < 4.78 is 5.58. The van der Waals surface area contributed by atoms with Crippen LogP contribution in [0, 0.1) is 28.4 Å². The van der Waals surface area contributed by atoms with Gasteiger partial charge in [0.05, 0.1) is 16.6 Å². The van der Waals surface area contributed by atoms with Gasteiger partial charge >= 0.3 is 0 Å². The third-order valence-corrected chi connectivity index (χ3v) is 2.90. The molecule has 0 aliphatic rings. The van der Waals surface area contributed by atoms with Crippen molar-refractivity contribution in [1.82, 2.24) is 0 Å². The second kappa shape index (κ2) is 5.85. The first-order valence-corrected chi connectivity index (χ1v) is 5.97. The van der Waals surface area contributed by atoms with Crippen LogP contribution in [-0.4, -0.2) is 4.92 Å². The van der Waals surface area contributed by atoms with E-state index < -0.39 is 4.92 Å². The topological polar surface area (TPSA) is 76.2 Å². The Morgan fingerprint density at radius 1 is 1.30 bits per heavy atom. The molecule has 0 fully saturated rings. The maximum atomic E-state index is 10.7. The fourth-order valence-electron chi connectivity index (χ4n) is 1.84. The average molecular weight is 268 g/mol. The van der Waals surface area contributed by atoms with Gasteiger partial charge in [-0.15, -0.1) is 0 Å². The molecule has 0 bridgehead atoms. The lowest BCUT2D eigenvalue weighted by Gasteiger charge is -2.08. The maximum absolute atomic E-state index is 10.7. The summed E-state index contributed by atoms with van der Waals surface area (Å²) in [5.41, 5.74) is 1.95. The number of nitro groups is 1. The minimum atomic E-state index is -0.426. The first-order valence-electron chi connectivity index (χ1n) is 5.97. The Bertz CT molecular complexity index is 690. The summed E-state index contributed by atoms with van der Waals surface area (Å²) in [6, 6.07) is 13.9. The van der Waals surface area contributed by atoms with E-state index in [1.54, 1.807) is 31.2 Å². The SMILES string of the molecule is Cc1cc(OCc2ccccc2C#N)ccc1[N+](=O)[O-]. The molecule has 5 nitrogen and oxygen atoms in total. The van der Waals surface area contributed by atoms with Gasteiger partial charge in [-0.2, -0.15) is 5.26 Å². The highest BCUT2D eigenvalue weighted by molar-refractivity contribution is 5.44. The zero-order valence-corrected chi connectivity index (χ0v) is 10.9. The summed E-state index contributed by atoms with van der Waals surface area (Å²) in [6.07, 6.45) is 0. The zero-order chi connectivity index (χ0) is 14.5. The van der Waals surface area contributed by atoms with Crippen molar-refractivity contribution in [3.05, 3.63) is 69.3 Å². The number of nitro benzene ring substituents is 1. The lowest BCUT2D eigenvalue weighted by molar-refractivity contribution is -0.385. The Balaban J connectivity index is 2.14. The maximum Gasteiger partial charge on any atom is 0.272 e. The molecular formula is C15H12N2O3. The van der Waals surface area contributed by atoms with Crippen molar-refractivity contribution in [2.24, 2.45) is 0 Å². The Morgan fingerprint density at radius 3 is 2.70 bits per heavy atom. The van der Waals surface area contributed by atoms with Gasteiger partial charge in [-0.25, -0.2) is 0 Å². The fourth-order valence-corrected chi connectivity index (χ4v) is 1.84. The molecule has 0 N–H and O–H groups in total. The molecule has 2 rings (SSSR count). The average Bonchev–Trinajstić information content (AvgIpc) is 2.45. The van der Waals surface area contributed by atoms with E-state index in [-0.39, 0.29) is 12.3 Å². The van der Waals surface area contributed by atoms with Crippen molar-refractivity contribution >= 4 is 5.69 Å². The van der Waals surface area contributed by atoms with Crippen LogP contribution >= 0.6 is 0 Å². The van der Waals surface area contributed by atoms with E-state index in [4.69, 9.17) is 10.00 Å². The lowest BCUT2D eigenvalue weighted by Crippen LogP contribution is -1.99. The molecule has 0 amide bonds. The monoisotopic (exact) mass is 268 g/mol. The highest BCUT2D eigenvalue weighted by Crippen LogP contribution is 2.24. The van der Waals surface area contributed by atoms with Crippen LogP contribution in [0.15, 0.2) is 42.5 Å². The van der Waals surface area contributed by atoms with Crippen molar-refractivity contribution in [2.75, 3.05) is 0 Å². The van der Waals surface area contributed by atoms with E-state index in [2.05, 4.69) is 6.07 Å². The fraction of sp³-hybridized carbons (Fsp3) is 0.133. The normalized spacial score (nSPS) is 9.80. The minimum absolute atomic E-state index is 0.0646. The van der Waals surface area contributed by atoms with E-state index in [1.165, 1.54) is 6.07 Å². The van der Waals surface area contributed by atoms with Crippen LogP contribution in [0.25, 0.3) is 0 Å². The summed E-state index contributed by atoms with van der Waals surface area (Å²) in [5.74, 6) is 0.542. The molecular weight excluding hydrogens is 256 g/mol. The van der Waals surface area contributed by atoms with Crippen LogP contribution in [0.4, 0.5) is 5.69 Å². The molecule has 0 saturated carbocycles. The first-order chi connectivity index (χ1) is 9.61. The summed E-state index contributed by atoms with van der Waals surface area (Å²) in [4.78, 5) is 10.3. The van der Waals surface area contributed by atoms with E-state index in [0.29, 0.717) is 16.9 Å². The van der Waals surface area contributed by atoms with Crippen molar-refractivity contribution < 1.29 is 9.66 Å². The standard InChI is InChI=1S/C15H12N2O3/c1-11-8-14(6-7-15(11)17(18)19)20-10-13-5-3-2-4-12(13)9-16/h2-8H,10H2,1H3. The zero-order valence-electron chi connectivity index (χ0n) is 10.9. The number of ether oxygens (including phenoxy) is 1. The number of nitriles is 1. The van der Waals surface area contributed by atoms with E-state index in [0.717, 1.165) is 5.56 Å². The van der Waals surface area contributed by atoms with Gasteiger partial charge in [0.1, 0.15) is 12.4 Å². The van der Waals surface area contributed by atoms with Gasteiger partial charge in [0, 0.05) is 17.2 Å². The van der Waals surface area contributed by atoms with Gasteiger partial charge in [0.15, 0.2) is 0 Å². The number of aryl methyl sites for hydroxylation is 1. The molecule has 0 unspecified atom stereocenters. The number of rotatable bonds is 4. The predicted molar refractivity (Wildman–Crippen MR) is 73.3 cm³/mol. The van der Waals surface area contributed by atoms with Crippen LogP contribution in [0.3, 0.4) is 0 Å². The Morgan fingerprint density at radius 2 is 2.05 bits per heavy atom. The van der Waals surface area contributed by atoms with Crippen LogP contribution in [0.2, 0.25) is 0 Å². The molecule has 0 aromatic heterocycles. The number of hydrogen-bond donors (Lipinski definition) is 0. The highest BCUT2D eigenvalue weighted by Gasteiger charge is 2.11. The number of hydrogen-bond acceptors (Lipinski definition) is 4. The van der Waals surface area contributed by atoms with Crippen LogP contribution in [0.5, 0.6) is 5.75 Å². The molecule has 0 spiro atoms. The number of benzene rings is 2. The molecule has 0 aliphatic carbocycles. The van der Waals surface area contributed by atoms with Crippen molar-refractivity contribution in [3.63, 3.8) is 0 Å².